The summed E-state index contributed by atoms with van der Waals surface area (Å²) in [7, 11) is 0. The molecule has 0 radical (unpaired) electrons. The highest BCUT2D eigenvalue weighted by molar-refractivity contribution is 5.65. The van der Waals surface area contributed by atoms with Crippen LogP contribution in [-0.4, -0.2) is 21.0 Å². The first-order chi connectivity index (χ1) is 9.66. The number of nitrogens with one attached hydrogen (secondary N) is 1. The number of benzene rings is 1. The summed E-state index contributed by atoms with van der Waals surface area (Å²) < 4.78 is 2.03. The third-order valence-electron chi connectivity index (χ3n) is 2.96. The van der Waals surface area contributed by atoms with Crippen molar-refractivity contribution in [1.82, 2.24) is 9.55 Å². The van der Waals surface area contributed by atoms with Crippen LogP contribution in [0.5, 0.6) is 0 Å². The van der Waals surface area contributed by atoms with Crippen LogP contribution in [0.2, 0.25) is 0 Å². The predicted molar refractivity (Wildman–Crippen MR) is 77.5 cm³/mol. The van der Waals surface area contributed by atoms with Gasteiger partial charge in [0.05, 0.1) is 11.3 Å². The lowest BCUT2D eigenvalue weighted by atomic mass is 10.2. The van der Waals surface area contributed by atoms with E-state index in [1.807, 2.05) is 10.8 Å². The Balaban J connectivity index is 1.74. The van der Waals surface area contributed by atoms with Gasteiger partial charge in [-0.2, -0.15) is 0 Å². The van der Waals surface area contributed by atoms with Crippen LogP contribution in [0.3, 0.4) is 0 Å². The number of rotatable bonds is 7. The highest BCUT2D eigenvalue weighted by atomic mass is 16.6. The van der Waals surface area contributed by atoms with Crippen molar-refractivity contribution in [3.05, 3.63) is 47.0 Å². The van der Waals surface area contributed by atoms with Crippen LogP contribution in [0.1, 0.15) is 12.8 Å². The van der Waals surface area contributed by atoms with Gasteiger partial charge in [0, 0.05) is 37.2 Å². The maximum atomic E-state index is 10.6. The van der Waals surface area contributed by atoms with Crippen LogP contribution in [0, 0.1) is 10.1 Å². The van der Waals surface area contributed by atoms with E-state index in [0.717, 1.165) is 31.6 Å². The van der Waals surface area contributed by atoms with Crippen molar-refractivity contribution in [3.8, 4) is 0 Å². The average Bonchev–Trinajstić information content (AvgIpc) is 2.91. The summed E-state index contributed by atoms with van der Waals surface area (Å²) in [4.78, 5) is 14.1. The average molecular weight is 275 g/mol. The van der Waals surface area contributed by atoms with Gasteiger partial charge in [0.25, 0.3) is 5.69 Å². The van der Waals surface area contributed by atoms with E-state index < -0.39 is 4.92 Å². The van der Waals surface area contributed by atoms with E-state index in [-0.39, 0.29) is 11.4 Å². The van der Waals surface area contributed by atoms with Crippen molar-refractivity contribution in [1.29, 1.82) is 0 Å². The van der Waals surface area contributed by atoms with Crippen molar-refractivity contribution in [2.45, 2.75) is 19.4 Å². The Morgan fingerprint density at radius 1 is 1.40 bits per heavy atom. The number of nitrogens with two attached hydrogens (primary N) is 1. The molecule has 0 spiro atoms. The smallest absolute Gasteiger partial charge is 0.292 e. The van der Waals surface area contributed by atoms with Gasteiger partial charge < -0.3 is 15.6 Å². The molecule has 0 aliphatic rings. The molecule has 1 heterocycles. The second-order valence-electron chi connectivity index (χ2n) is 4.47. The molecule has 106 valence electrons. The molecule has 0 atom stereocenters. The molecular weight excluding hydrogens is 258 g/mol. The fourth-order valence-corrected chi connectivity index (χ4v) is 1.90. The van der Waals surface area contributed by atoms with E-state index in [1.54, 1.807) is 24.7 Å². The molecule has 1 aromatic heterocycles. The Bertz CT molecular complexity index is 568. The highest BCUT2D eigenvalue weighted by Crippen LogP contribution is 2.24. The number of nitrogen functional groups attached to an aromatic ring is 1. The van der Waals surface area contributed by atoms with Crippen LogP contribution >= 0.6 is 0 Å². The van der Waals surface area contributed by atoms with Crippen LogP contribution in [0.4, 0.5) is 17.1 Å². The normalized spacial score (nSPS) is 10.4. The molecule has 0 aliphatic carbocycles. The molecule has 20 heavy (non-hydrogen) atoms. The second-order valence-corrected chi connectivity index (χ2v) is 4.47. The Kier molecular flexibility index (Phi) is 4.54. The number of aromatic nitrogens is 2. The largest absolute Gasteiger partial charge is 0.393 e. The highest BCUT2D eigenvalue weighted by Gasteiger charge is 2.10. The summed E-state index contributed by atoms with van der Waals surface area (Å²) >= 11 is 0. The van der Waals surface area contributed by atoms with Crippen molar-refractivity contribution >= 4 is 17.1 Å². The first-order valence-corrected chi connectivity index (χ1v) is 6.40. The van der Waals surface area contributed by atoms with Crippen molar-refractivity contribution in [2.24, 2.45) is 0 Å². The minimum atomic E-state index is -0.482. The van der Waals surface area contributed by atoms with Crippen LogP contribution < -0.4 is 11.1 Å². The van der Waals surface area contributed by atoms with Gasteiger partial charge >= 0.3 is 0 Å². The van der Waals surface area contributed by atoms with Gasteiger partial charge in [-0.05, 0) is 25.0 Å². The van der Waals surface area contributed by atoms with Gasteiger partial charge in [0.2, 0.25) is 0 Å². The molecule has 1 aromatic carbocycles. The van der Waals surface area contributed by atoms with Gasteiger partial charge in [0.1, 0.15) is 5.69 Å². The zero-order valence-corrected chi connectivity index (χ0v) is 11.0. The molecule has 3 N–H and O–H groups in total. The zero-order valence-electron chi connectivity index (χ0n) is 11.0. The van der Waals surface area contributed by atoms with E-state index in [4.69, 9.17) is 5.73 Å². The van der Waals surface area contributed by atoms with Gasteiger partial charge in [0.15, 0.2) is 0 Å². The number of nitro groups is 1. The summed E-state index contributed by atoms with van der Waals surface area (Å²) in [6, 6.07) is 4.68. The fourth-order valence-electron chi connectivity index (χ4n) is 1.90. The van der Waals surface area contributed by atoms with Crippen molar-refractivity contribution in [3.63, 3.8) is 0 Å². The molecule has 0 unspecified atom stereocenters. The summed E-state index contributed by atoms with van der Waals surface area (Å²) in [5, 5.41) is 13.8. The maximum Gasteiger partial charge on any atom is 0.292 e. The molecule has 0 bridgehead atoms. The third-order valence-corrected chi connectivity index (χ3v) is 2.96. The third kappa shape index (κ3) is 3.71. The molecule has 0 aliphatic heterocycles. The van der Waals surface area contributed by atoms with E-state index >= 15 is 0 Å². The molecule has 0 amide bonds. The van der Waals surface area contributed by atoms with Crippen molar-refractivity contribution in [2.75, 3.05) is 17.6 Å². The van der Waals surface area contributed by atoms with Gasteiger partial charge in [-0.3, -0.25) is 10.1 Å². The molecule has 7 nitrogen and oxygen atoms in total. The molecule has 2 aromatic rings. The van der Waals surface area contributed by atoms with Crippen LogP contribution in [0.15, 0.2) is 36.9 Å². The quantitative estimate of drug-likeness (QED) is 0.349. The Morgan fingerprint density at radius 2 is 2.25 bits per heavy atom. The topological polar surface area (TPSA) is 99.0 Å². The zero-order chi connectivity index (χ0) is 14.4. The SMILES string of the molecule is Nc1cc(NCCCCn2ccnc2)ccc1[N+](=O)[O-]. The number of hydrogen-bond donors (Lipinski definition) is 2. The number of imidazole rings is 1. The number of hydrogen-bond acceptors (Lipinski definition) is 5. The number of anilines is 2. The Morgan fingerprint density at radius 3 is 2.90 bits per heavy atom. The van der Waals surface area contributed by atoms with Crippen LogP contribution in [0.25, 0.3) is 0 Å². The lowest BCUT2D eigenvalue weighted by molar-refractivity contribution is -0.383. The van der Waals surface area contributed by atoms with E-state index in [9.17, 15) is 10.1 Å². The lowest BCUT2D eigenvalue weighted by Gasteiger charge is -2.07. The first kappa shape index (κ1) is 13.9. The standard InChI is InChI=1S/C13H17N5O2/c14-12-9-11(3-4-13(12)18(19)20)16-5-1-2-7-17-8-6-15-10-17/h3-4,6,8-10,16H,1-2,5,7,14H2. The predicted octanol–water partition coefficient (Wildman–Crippen LogP) is 2.27. The molecule has 0 saturated carbocycles. The Hall–Kier alpha value is -2.57. The summed E-state index contributed by atoms with van der Waals surface area (Å²) in [5.41, 5.74) is 6.55. The number of nitrogens with zero attached hydrogens (tertiary/aromatic N) is 3. The Labute approximate surface area is 116 Å². The minimum Gasteiger partial charge on any atom is -0.393 e. The fraction of sp³-hybridized carbons (Fsp3) is 0.308. The van der Waals surface area contributed by atoms with Gasteiger partial charge in [-0.1, -0.05) is 0 Å². The molecule has 7 heteroatoms. The maximum absolute atomic E-state index is 10.6. The minimum absolute atomic E-state index is 0.0596. The monoisotopic (exact) mass is 275 g/mol. The van der Waals surface area contributed by atoms with E-state index in [0.29, 0.717) is 0 Å². The lowest BCUT2D eigenvalue weighted by Crippen LogP contribution is -2.04. The number of unbranched alkanes of at least 4 members (excludes halogenated alkanes) is 1. The number of nitro benzene ring substituents is 1. The van der Waals surface area contributed by atoms with Gasteiger partial charge in [-0.25, -0.2) is 4.98 Å². The molecule has 0 saturated heterocycles. The first-order valence-electron chi connectivity index (χ1n) is 6.40. The summed E-state index contributed by atoms with van der Waals surface area (Å²) in [6.07, 6.45) is 7.52. The molecule has 0 fully saturated rings. The second kappa shape index (κ2) is 6.55. The number of aryl methyl sites for hydroxylation is 1. The summed E-state index contributed by atoms with van der Waals surface area (Å²) in [5.74, 6) is 0. The molecular formula is C13H17N5O2. The van der Waals surface area contributed by atoms with E-state index in [1.165, 1.54) is 6.07 Å². The summed E-state index contributed by atoms with van der Waals surface area (Å²) in [6.45, 7) is 1.73. The van der Waals surface area contributed by atoms with Crippen molar-refractivity contribution < 1.29 is 4.92 Å². The van der Waals surface area contributed by atoms with Crippen LogP contribution in [-0.2, 0) is 6.54 Å². The van der Waals surface area contributed by atoms with E-state index in [2.05, 4.69) is 10.3 Å². The van der Waals surface area contributed by atoms with Gasteiger partial charge in [-0.15, -0.1) is 0 Å². The molecule has 2 rings (SSSR count).